The summed E-state index contributed by atoms with van der Waals surface area (Å²) in [5.41, 5.74) is 1.24. The van der Waals surface area contributed by atoms with Gasteiger partial charge in [-0.2, -0.15) is 0 Å². The first-order valence-electron chi connectivity index (χ1n) is 7.16. The molecule has 2 rings (SSSR count). The Bertz CT molecular complexity index is 474. The third-order valence-corrected chi connectivity index (χ3v) is 4.61. The van der Waals surface area contributed by atoms with Gasteiger partial charge in [0.1, 0.15) is 11.5 Å². The van der Waals surface area contributed by atoms with Crippen LogP contribution < -0.4 is 14.8 Å². The maximum absolute atomic E-state index is 6.15. The summed E-state index contributed by atoms with van der Waals surface area (Å²) in [4.78, 5) is 0. The molecule has 1 aliphatic rings. The molecule has 1 atom stereocenters. The van der Waals surface area contributed by atoms with Crippen molar-refractivity contribution >= 4 is 17.3 Å². The molecule has 0 spiro atoms. The molecule has 4 heteroatoms. The Hall–Kier alpha value is -1.09. The Morgan fingerprint density at radius 2 is 1.85 bits per heavy atom. The van der Waals surface area contributed by atoms with E-state index < -0.39 is 0 Å². The van der Waals surface area contributed by atoms with Gasteiger partial charge in [0.05, 0.1) is 24.9 Å². The second-order valence-corrected chi connectivity index (χ2v) is 6.53. The normalized spacial score (nSPS) is 21.4. The van der Waals surface area contributed by atoms with Crippen molar-refractivity contribution in [2.24, 2.45) is 5.41 Å². The summed E-state index contributed by atoms with van der Waals surface area (Å²) in [7, 11) is 3.29. The largest absolute Gasteiger partial charge is 0.495 e. The van der Waals surface area contributed by atoms with Crippen LogP contribution in [-0.2, 0) is 0 Å². The first-order chi connectivity index (χ1) is 9.47. The summed E-state index contributed by atoms with van der Waals surface area (Å²) in [6.45, 7) is 4.65. The van der Waals surface area contributed by atoms with Crippen molar-refractivity contribution in [3.8, 4) is 11.5 Å². The van der Waals surface area contributed by atoms with Crippen LogP contribution in [0.1, 0.15) is 39.5 Å². The molecule has 1 unspecified atom stereocenters. The molecule has 0 aromatic heterocycles. The van der Waals surface area contributed by atoms with Crippen molar-refractivity contribution in [2.75, 3.05) is 19.5 Å². The summed E-state index contributed by atoms with van der Waals surface area (Å²) >= 11 is 6.15. The highest BCUT2D eigenvalue weighted by molar-refractivity contribution is 6.32. The van der Waals surface area contributed by atoms with E-state index in [0.717, 1.165) is 11.4 Å². The minimum atomic E-state index is 0.288. The van der Waals surface area contributed by atoms with E-state index in [1.165, 1.54) is 25.7 Å². The van der Waals surface area contributed by atoms with E-state index in [0.29, 0.717) is 16.8 Å². The zero-order valence-corrected chi connectivity index (χ0v) is 13.5. The summed E-state index contributed by atoms with van der Waals surface area (Å²) in [5.74, 6) is 1.43. The predicted octanol–water partition coefficient (Wildman–Crippen LogP) is 4.74. The van der Waals surface area contributed by atoms with Crippen molar-refractivity contribution in [1.29, 1.82) is 0 Å². The number of methoxy groups -OCH3 is 2. The monoisotopic (exact) mass is 297 g/mol. The first kappa shape index (κ1) is 15.3. The van der Waals surface area contributed by atoms with Gasteiger partial charge in [-0.15, -0.1) is 0 Å². The van der Waals surface area contributed by atoms with Crippen LogP contribution in [0.3, 0.4) is 0 Å². The predicted molar refractivity (Wildman–Crippen MR) is 84.2 cm³/mol. The lowest BCUT2D eigenvalue weighted by molar-refractivity contribution is 0.216. The van der Waals surface area contributed by atoms with Gasteiger partial charge in [0.25, 0.3) is 0 Å². The van der Waals surface area contributed by atoms with Crippen molar-refractivity contribution in [1.82, 2.24) is 0 Å². The number of nitrogens with one attached hydrogen (secondary N) is 1. The lowest BCUT2D eigenvalue weighted by atomic mass is 9.73. The van der Waals surface area contributed by atoms with Crippen LogP contribution in [0.2, 0.25) is 5.02 Å². The molecule has 1 fully saturated rings. The van der Waals surface area contributed by atoms with Crippen molar-refractivity contribution in [2.45, 2.75) is 45.6 Å². The van der Waals surface area contributed by atoms with E-state index in [9.17, 15) is 0 Å². The number of hydrogen-bond donors (Lipinski definition) is 1. The Balaban J connectivity index is 2.27. The van der Waals surface area contributed by atoms with Crippen LogP contribution in [-0.4, -0.2) is 20.3 Å². The molecule has 1 aromatic rings. The van der Waals surface area contributed by atoms with E-state index >= 15 is 0 Å². The van der Waals surface area contributed by atoms with E-state index in [-0.39, 0.29) is 5.41 Å². The molecule has 0 saturated heterocycles. The minimum Gasteiger partial charge on any atom is -0.495 e. The highest BCUT2D eigenvalue weighted by atomic mass is 35.5. The fourth-order valence-electron chi connectivity index (χ4n) is 2.92. The van der Waals surface area contributed by atoms with Gasteiger partial charge in [0.15, 0.2) is 0 Å². The van der Waals surface area contributed by atoms with Crippen LogP contribution in [0.5, 0.6) is 11.5 Å². The smallest absolute Gasteiger partial charge is 0.143 e. The summed E-state index contributed by atoms with van der Waals surface area (Å²) in [5, 5.41) is 4.20. The maximum Gasteiger partial charge on any atom is 0.143 e. The van der Waals surface area contributed by atoms with Gasteiger partial charge in [-0.05, 0) is 18.3 Å². The molecular formula is C16H24ClNO2. The second-order valence-electron chi connectivity index (χ2n) is 6.12. The van der Waals surface area contributed by atoms with E-state index in [1.54, 1.807) is 20.3 Å². The number of halogens is 1. The van der Waals surface area contributed by atoms with Crippen molar-refractivity contribution in [3.05, 3.63) is 17.2 Å². The van der Waals surface area contributed by atoms with Gasteiger partial charge in [0.2, 0.25) is 0 Å². The molecule has 0 amide bonds. The Morgan fingerprint density at radius 1 is 1.15 bits per heavy atom. The standard InChI is InChI=1S/C16H24ClNO2/c1-16(2)8-6-5-7-15(16)18-12-10-13(19-3)11(17)9-14(12)20-4/h9-10,15,18H,5-8H2,1-4H3. The molecule has 112 valence electrons. The molecule has 1 N–H and O–H groups in total. The summed E-state index contributed by atoms with van der Waals surface area (Å²) < 4.78 is 10.7. The average Bonchev–Trinajstić information content (AvgIpc) is 2.42. The maximum atomic E-state index is 6.15. The highest BCUT2D eigenvalue weighted by Crippen LogP contribution is 2.41. The van der Waals surface area contributed by atoms with Crippen LogP contribution in [0.25, 0.3) is 0 Å². The summed E-state index contributed by atoms with van der Waals surface area (Å²) in [6.07, 6.45) is 5.01. The molecule has 1 aliphatic carbocycles. The van der Waals surface area contributed by atoms with E-state index in [4.69, 9.17) is 21.1 Å². The fraction of sp³-hybridized carbons (Fsp3) is 0.625. The zero-order chi connectivity index (χ0) is 14.8. The molecule has 0 heterocycles. The second kappa shape index (κ2) is 6.13. The van der Waals surface area contributed by atoms with E-state index in [1.807, 2.05) is 6.07 Å². The number of ether oxygens (including phenoxy) is 2. The molecule has 0 radical (unpaired) electrons. The van der Waals surface area contributed by atoms with Gasteiger partial charge in [-0.25, -0.2) is 0 Å². The molecule has 3 nitrogen and oxygen atoms in total. The van der Waals surface area contributed by atoms with Gasteiger partial charge < -0.3 is 14.8 Å². The molecule has 1 saturated carbocycles. The molecule has 0 aliphatic heterocycles. The lowest BCUT2D eigenvalue weighted by Gasteiger charge is -2.40. The van der Waals surface area contributed by atoms with E-state index in [2.05, 4.69) is 19.2 Å². The van der Waals surface area contributed by atoms with Gasteiger partial charge in [-0.3, -0.25) is 0 Å². The molecule has 1 aromatic carbocycles. The topological polar surface area (TPSA) is 30.5 Å². The zero-order valence-electron chi connectivity index (χ0n) is 12.8. The number of anilines is 1. The number of benzene rings is 1. The SMILES string of the molecule is COc1cc(NC2CCCCC2(C)C)c(OC)cc1Cl. The molecule has 0 bridgehead atoms. The van der Waals surface area contributed by atoms with Crippen LogP contribution in [0.4, 0.5) is 5.69 Å². The highest BCUT2D eigenvalue weighted by Gasteiger charge is 2.32. The van der Waals surface area contributed by atoms with Crippen molar-refractivity contribution < 1.29 is 9.47 Å². The third-order valence-electron chi connectivity index (χ3n) is 4.31. The molecule has 20 heavy (non-hydrogen) atoms. The average molecular weight is 298 g/mol. The van der Waals surface area contributed by atoms with Crippen molar-refractivity contribution in [3.63, 3.8) is 0 Å². The Kier molecular flexibility index (Phi) is 4.69. The summed E-state index contributed by atoms with van der Waals surface area (Å²) in [6, 6.07) is 4.17. The van der Waals surface area contributed by atoms with Gasteiger partial charge in [0, 0.05) is 18.2 Å². The number of hydrogen-bond acceptors (Lipinski definition) is 3. The van der Waals surface area contributed by atoms with Crippen LogP contribution >= 0.6 is 11.6 Å². The van der Waals surface area contributed by atoms with Crippen LogP contribution in [0, 0.1) is 5.41 Å². The van der Waals surface area contributed by atoms with Gasteiger partial charge in [-0.1, -0.05) is 38.3 Å². The first-order valence-corrected chi connectivity index (χ1v) is 7.54. The third kappa shape index (κ3) is 3.14. The van der Waals surface area contributed by atoms with Crippen LogP contribution in [0.15, 0.2) is 12.1 Å². The Labute approximate surface area is 126 Å². The molecular weight excluding hydrogens is 274 g/mol. The Morgan fingerprint density at radius 3 is 2.45 bits per heavy atom. The quantitative estimate of drug-likeness (QED) is 0.871. The number of rotatable bonds is 4. The minimum absolute atomic E-state index is 0.288. The fourth-order valence-corrected chi connectivity index (χ4v) is 3.15. The van der Waals surface area contributed by atoms with Gasteiger partial charge >= 0.3 is 0 Å². The lowest BCUT2D eigenvalue weighted by Crippen LogP contribution is -2.39.